The van der Waals surface area contributed by atoms with Gasteiger partial charge in [-0.3, -0.25) is 4.79 Å². The standard InChI is InChI=1S/C9H18N2OS/c1-10-6-8-4-3-5-11(8)9(12)7-13-2/h8,10H,3-7H2,1-2H3. The van der Waals surface area contributed by atoms with Crippen LogP contribution in [-0.4, -0.2) is 49.0 Å². The van der Waals surface area contributed by atoms with Crippen LogP contribution in [0.15, 0.2) is 0 Å². The first-order valence-corrected chi connectivity index (χ1v) is 6.12. The number of nitrogens with zero attached hydrogens (tertiary/aromatic N) is 1. The maximum absolute atomic E-state index is 11.6. The fourth-order valence-electron chi connectivity index (χ4n) is 1.82. The normalized spacial score (nSPS) is 22.3. The number of thioether (sulfide) groups is 1. The second kappa shape index (κ2) is 5.50. The van der Waals surface area contributed by atoms with Crippen molar-refractivity contribution in [3.63, 3.8) is 0 Å². The third-order valence-electron chi connectivity index (χ3n) is 2.41. The van der Waals surface area contributed by atoms with Crippen molar-refractivity contribution in [2.75, 3.05) is 32.1 Å². The topological polar surface area (TPSA) is 32.3 Å². The van der Waals surface area contributed by atoms with Gasteiger partial charge < -0.3 is 10.2 Å². The highest BCUT2D eigenvalue weighted by molar-refractivity contribution is 7.99. The number of amides is 1. The molecule has 1 unspecified atom stereocenters. The SMILES string of the molecule is CNCC1CCCN1C(=O)CSC. The summed E-state index contributed by atoms with van der Waals surface area (Å²) in [5.74, 6) is 0.922. The van der Waals surface area contributed by atoms with E-state index in [0.717, 1.165) is 25.9 Å². The summed E-state index contributed by atoms with van der Waals surface area (Å²) in [7, 11) is 1.94. The Morgan fingerprint density at radius 2 is 2.46 bits per heavy atom. The van der Waals surface area contributed by atoms with E-state index >= 15 is 0 Å². The zero-order chi connectivity index (χ0) is 9.68. The Bertz CT molecular complexity index is 175. The molecular weight excluding hydrogens is 184 g/mol. The first kappa shape index (κ1) is 10.9. The Morgan fingerprint density at radius 3 is 3.08 bits per heavy atom. The van der Waals surface area contributed by atoms with Gasteiger partial charge in [-0.05, 0) is 26.1 Å². The predicted octanol–water partition coefficient (Wildman–Crippen LogP) is 0.560. The lowest BCUT2D eigenvalue weighted by atomic mass is 10.2. The summed E-state index contributed by atoms with van der Waals surface area (Å²) in [5.41, 5.74) is 0. The van der Waals surface area contributed by atoms with Crippen LogP contribution in [0.2, 0.25) is 0 Å². The second-order valence-corrected chi connectivity index (χ2v) is 4.24. The average molecular weight is 202 g/mol. The number of carbonyl (C=O) groups is 1. The number of likely N-dealkylation sites (tertiary alicyclic amines) is 1. The van der Waals surface area contributed by atoms with E-state index in [1.807, 2.05) is 18.2 Å². The van der Waals surface area contributed by atoms with Gasteiger partial charge in [-0.1, -0.05) is 0 Å². The highest BCUT2D eigenvalue weighted by atomic mass is 32.2. The lowest BCUT2D eigenvalue weighted by Gasteiger charge is -2.24. The summed E-state index contributed by atoms with van der Waals surface area (Å²) in [6, 6.07) is 0.435. The molecule has 4 heteroatoms. The first-order valence-electron chi connectivity index (χ1n) is 4.72. The summed E-state index contributed by atoms with van der Waals surface area (Å²) in [6.07, 6.45) is 4.29. The maximum atomic E-state index is 11.6. The van der Waals surface area contributed by atoms with E-state index in [2.05, 4.69) is 5.32 Å². The molecule has 1 saturated heterocycles. The molecule has 0 aromatic heterocycles. The number of likely N-dealkylation sites (N-methyl/N-ethyl adjacent to an activating group) is 1. The third kappa shape index (κ3) is 2.88. The van der Waals surface area contributed by atoms with Gasteiger partial charge in [0.15, 0.2) is 0 Å². The summed E-state index contributed by atoms with van der Waals surface area (Å²) in [5, 5.41) is 3.14. The zero-order valence-electron chi connectivity index (χ0n) is 8.38. The minimum Gasteiger partial charge on any atom is -0.338 e. The molecule has 0 aromatic rings. The van der Waals surface area contributed by atoms with Crippen LogP contribution in [0.4, 0.5) is 0 Å². The monoisotopic (exact) mass is 202 g/mol. The lowest BCUT2D eigenvalue weighted by molar-refractivity contribution is -0.129. The van der Waals surface area contributed by atoms with Gasteiger partial charge >= 0.3 is 0 Å². The second-order valence-electron chi connectivity index (χ2n) is 3.37. The van der Waals surface area contributed by atoms with Gasteiger partial charge in [0.1, 0.15) is 0 Å². The fourth-order valence-corrected chi connectivity index (χ4v) is 2.23. The van der Waals surface area contributed by atoms with Crippen molar-refractivity contribution in [3.05, 3.63) is 0 Å². The van der Waals surface area contributed by atoms with E-state index < -0.39 is 0 Å². The van der Waals surface area contributed by atoms with Crippen LogP contribution < -0.4 is 5.32 Å². The summed E-state index contributed by atoms with van der Waals surface area (Å²) in [6.45, 7) is 1.88. The molecule has 3 nitrogen and oxygen atoms in total. The average Bonchev–Trinajstić information content (AvgIpc) is 2.54. The zero-order valence-corrected chi connectivity index (χ0v) is 9.19. The quantitative estimate of drug-likeness (QED) is 0.723. The molecule has 1 aliphatic heterocycles. The van der Waals surface area contributed by atoms with Crippen LogP contribution in [0.1, 0.15) is 12.8 Å². The van der Waals surface area contributed by atoms with Crippen molar-refractivity contribution in [3.8, 4) is 0 Å². The van der Waals surface area contributed by atoms with Gasteiger partial charge in [-0.2, -0.15) is 11.8 Å². The molecule has 0 radical (unpaired) electrons. The smallest absolute Gasteiger partial charge is 0.232 e. The Hall–Kier alpha value is -0.220. The molecule has 0 bridgehead atoms. The van der Waals surface area contributed by atoms with Gasteiger partial charge in [-0.25, -0.2) is 0 Å². The van der Waals surface area contributed by atoms with Crippen molar-refractivity contribution >= 4 is 17.7 Å². The minimum absolute atomic E-state index is 0.297. The van der Waals surface area contributed by atoms with Crippen molar-refractivity contribution in [2.24, 2.45) is 0 Å². The Kier molecular flexibility index (Phi) is 4.59. The molecule has 0 aromatic carbocycles. The van der Waals surface area contributed by atoms with Gasteiger partial charge in [0, 0.05) is 19.1 Å². The van der Waals surface area contributed by atoms with Gasteiger partial charge in [0.05, 0.1) is 5.75 Å². The molecular formula is C9H18N2OS. The van der Waals surface area contributed by atoms with E-state index in [0.29, 0.717) is 17.7 Å². The van der Waals surface area contributed by atoms with Crippen LogP contribution in [-0.2, 0) is 4.79 Å². The third-order valence-corrected chi connectivity index (χ3v) is 2.94. The van der Waals surface area contributed by atoms with Crippen LogP contribution in [0.3, 0.4) is 0 Å². The van der Waals surface area contributed by atoms with Crippen LogP contribution >= 0.6 is 11.8 Å². The highest BCUT2D eigenvalue weighted by Gasteiger charge is 2.27. The van der Waals surface area contributed by atoms with Crippen molar-refractivity contribution in [1.82, 2.24) is 10.2 Å². The Labute approximate surface area is 84.2 Å². The molecule has 1 rings (SSSR count). The molecule has 1 atom stereocenters. The van der Waals surface area contributed by atoms with Gasteiger partial charge in [-0.15, -0.1) is 0 Å². The summed E-state index contributed by atoms with van der Waals surface area (Å²) >= 11 is 1.61. The number of hydrogen-bond acceptors (Lipinski definition) is 3. The van der Waals surface area contributed by atoms with E-state index in [9.17, 15) is 4.79 Å². The lowest BCUT2D eigenvalue weighted by Crippen LogP contribution is -2.41. The molecule has 1 N–H and O–H groups in total. The summed E-state index contributed by atoms with van der Waals surface area (Å²) < 4.78 is 0. The van der Waals surface area contributed by atoms with Gasteiger partial charge in [0.2, 0.25) is 5.91 Å². The predicted molar refractivity (Wildman–Crippen MR) is 57.0 cm³/mol. The fraction of sp³-hybridized carbons (Fsp3) is 0.889. The number of rotatable bonds is 4. The van der Waals surface area contributed by atoms with Crippen molar-refractivity contribution in [1.29, 1.82) is 0 Å². The molecule has 0 spiro atoms. The van der Waals surface area contributed by atoms with E-state index in [-0.39, 0.29) is 0 Å². The van der Waals surface area contributed by atoms with E-state index in [4.69, 9.17) is 0 Å². The molecule has 0 saturated carbocycles. The molecule has 1 aliphatic rings. The Balaban J connectivity index is 2.42. The molecule has 0 aliphatic carbocycles. The maximum Gasteiger partial charge on any atom is 0.232 e. The molecule has 13 heavy (non-hydrogen) atoms. The van der Waals surface area contributed by atoms with Crippen molar-refractivity contribution < 1.29 is 4.79 Å². The summed E-state index contributed by atoms with van der Waals surface area (Å²) in [4.78, 5) is 13.6. The van der Waals surface area contributed by atoms with Crippen molar-refractivity contribution in [2.45, 2.75) is 18.9 Å². The minimum atomic E-state index is 0.297. The number of hydrogen-bond donors (Lipinski definition) is 1. The highest BCUT2D eigenvalue weighted by Crippen LogP contribution is 2.17. The number of nitrogens with one attached hydrogen (secondary N) is 1. The van der Waals surface area contributed by atoms with E-state index in [1.54, 1.807) is 11.8 Å². The Morgan fingerprint density at radius 1 is 1.69 bits per heavy atom. The molecule has 76 valence electrons. The molecule has 1 heterocycles. The largest absolute Gasteiger partial charge is 0.338 e. The molecule has 1 fully saturated rings. The first-order chi connectivity index (χ1) is 6.29. The van der Waals surface area contributed by atoms with Gasteiger partial charge in [0.25, 0.3) is 0 Å². The van der Waals surface area contributed by atoms with Crippen LogP contribution in [0, 0.1) is 0 Å². The van der Waals surface area contributed by atoms with Crippen LogP contribution in [0.5, 0.6) is 0 Å². The van der Waals surface area contributed by atoms with E-state index in [1.165, 1.54) is 0 Å². The molecule has 1 amide bonds. The number of carbonyl (C=O) groups excluding carboxylic acids is 1. The van der Waals surface area contributed by atoms with Crippen LogP contribution in [0.25, 0.3) is 0 Å².